The number of nitrogens with two attached hydrogens (primary N) is 1. The summed E-state index contributed by atoms with van der Waals surface area (Å²) in [6.07, 6.45) is 8.57. The highest BCUT2D eigenvalue weighted by molar-refractivity contribution is 5.75. The van der Waals surface area contributed by atoms with Crippen molar-refractivity contribution in [3.05, 3.63) is 0 Å². The quantitative estimate of drug-likeness (QED) is 0.548. The zero-order chi connectivity index (χ0) is 7.47. The summed E-state index contributed by atoms with van der Waals surface area (Å²) in [5, 5.41) is 0. The molecule has 4 saturated carbocycles. The summed E-state index contributed by atoms with van der Waals surface area (Å²) >= 11 is 0. The van der Waals surface area contributed by atoms with Crippen molar-refractivity contribution in [2.45, 2.75) is 44.1 Å². The second-order valence-electron chi connectivity index (χ2n) is 5.28. The molecule has 0 atom stereocenters. The highest BCUT2D eigenvalue weighted by Crippen LogP contribution is 2.54. The summed E-state index contributed by atoms with van der Waals surface area (Å²) < 4.78 is 0. The van der Waals surface area contributed by atoms with Crippen LogP contribution in [-0.2, 0) is 0 Å². The normalized spacial score (nSPS) is 55.2. The van der Waals surface area contributed by atoms with Crippen molar-refractivity contribution in [2.75, 3.05) is 0 Å². The second kappa shape index (κ2) is 2.74. The van der Waals surface area contributed by atoms with Crippen molar-refractivity contribution < 1.29 is 0 Å². The molecule has 0 aromatic rings. The van der Waals surface area contributed by atoms with Crippen LogP contribution < -0.4 is 5.73 Å². The van der Waals surface area contributed by atoms with Crippen LogP contribution in [0, 0.1) is 17.8 Å². The standard InChI is InChI=1S/C10H17N.Al.3H/c11-10-4-7-1-8(5-10)3-9(2-7)6-10;;;;/h7-9H,1-6,11H2;;;;. The third kappa shape index (κ3) is 1.25. The first-order valence-corrected chi connectivity index (χ1v) is 5.02. The molecule has 4 bridgehead atoms. The molecule has 0 aromatic heterocycles. The first-order valence-electron chi connectivity index (χ1n) is 5.02. The van der Waals surface area contributed by atoms with E-state index in [9.17, 15) is 0 Å². The summed E-state index contributed by atoms with van der Waals surface area (Å²) in [7, 11) is 0. The molecular formula is C10H20AlN. The molecule has 0 saturated heterocycles. The van der Waals surface area contributed by atoms with Crippen molar-refractivity contribution in [3.63, 3.8) is 0 Å². The van der Waals surface area contributed by atoms with Gasteiger partial charge in [-0.1, -0.05) is 0 Å². The molecule has 1 nitrogen and oxygen atoms in total. The Morgan fingerprint density at radius 2 is 1.17 bits per heavy atom. The molecule has 2 N–H and O–H groups in total. The number of rotatable bonds is 0. The van der Waals surface area contributed by atoms with Crippen LogP contribution in [0.3, 0.4) is 0 Å². The molecule has 0 spiro atoms. The fourth-order valence-electron chi connectivity index (χ4n) is 4.18. The van der Waals surface area contributed by atoms with Crippen LogP contribution in [0.4, 0.5) is 0 Å². The Bertz CT molecular complexity index is 155. The second-order valence-corrected chi connectivity index (χ2v) is 5.28. The maximum atomic E-state index is 6.32. The maximum absolute atomic E-state index is 6.32. The van der Waals surface area contributed by atoms with Crippen molar-refractivity contribution in [2.24, 2.45) is 23.5 Å². The minimum atomic E-state index is 0. The van der Waals surface area contributed by atoms with Crippen LogP contribution in [0.25, 0.3) is 0 Å². The highest BCUT2D eigenvalue weighted by atomic mass is 27.0. The van der Waals surface area contributed by atoms with Gasteiger partial charge in [-0.3, -0.25) is 0 Å². The van der Waals surface area contributed by atoms with E-state index in [2.05, 4.69) is 0 Å². The van der Waals surface area contributed by atoms with Crippen molar-refractivity contribution in [1.82, 2.24) is 0 Å². The first kappa shape index (κ1) is 9.06. The van der Waals surface area contributed by atoms with E-state index < -0.39 is 0 Å². The lowest BCUT2D eigenvalue weighted by molar-refractivity contribution is 0.000365. The zero-order valence-corrected chi connectivity index (χ0v) is 7.05. The molecule has 0 unspecified atom stereocenters. The van der Waals surface area contributed by atoms with Gasteiger partial charge in [-0.2, -0.15) is 0 Å². The van der Waals surface area contributed by atoms with Gasteiger partial charge < -0.3 is 5.73 Å². The lowest BCUT2D eigenvalue weighted by Gasteiger charge is -2.55. The molecule has 0 amide bonds. The SMILES string of the molecule is NC12CC3CC(CC(C3)C1)C2.[AlH3]. The number of hydrogen-bond donors (Lipinski definition) is 1. The third-order valence-corrected chi connectivity index (χ3v) is 4.09. The lowest BCUT2D eigenvalue weighted by Crippen LogP contribution is -2.55. The Morgan fingerprint density at radius 1 is 0.833 bits per heavy atom. The van der Waals surface area contributed by atoms with Gasteiger partial charge in [-0.05, 0) is 56.3 Å². The molecule has 2 heteroatoms. The van der Waals surface area contributed by atoms with Gasteiger partial charge >= 0.3 is 0 Å². The summed E-state index contributed by atoms with van der Waals surface area (Å²) in [6.45, 7) is 0. The Balaban J connectivity index is 0.000000563. The molecule has 68 valence electrons. The van der Waals surface area contributed by atoms with Gasteiger partial charge in [0.05, 0.1) is 0 Å². The molecule has 4 aliphatic carbocycles. The van der Waals surface area contributed by atoms with E-state index in [4.69, 9.17) is 5.73 Å². The first-order chi connectivity index (χ1) is 5.23. The van der Waals surface area contributed by atoms with E-state index in [0.29, 0.717) is 5.54 Å². The Hall–Kier alpha value is 0.492. The molecule has 4 aliphatic rings. The summed E-state index contributed by atoms with van der Waals surface area (Å²) in [5.74, 6) is 3.06. The minimum Gasteiger partial charge on any atom is -0.325 e. The van der Waals surface area contributed by atoms with Gasteiger partial charge in [0, 0.05) is 5.54 Å². The Morgan fingerprint density at radius 3 is 1.42 bits per heavy atom. The third-order valence-electron chi connectivity index (χ3n) is 4.09. The average Bonchev–Trinajstić information content (AvgIpc) is 1.79. The van der Waals surface area contributed by atoms with Crippen molar-refractivity contribution in [3.8, 4) is 0 Å². The van der Waals surface area contributed by atoms with Crippen LogP contribution in [0.15, 0.2) is 0 Å². The predicted molar refractivity (Wildman–Crippen MR) is 55.0 cm³/mol. The van der Waals surface area contributed by atoms with Crippen molar-refractivity contribution in [1.29, 1.82) is 0 Å². The average molecular weight is 181 g/mol. The Kier molecular flexibility index (Phi) is 2.07. The molecule has 4 rings (SSSR count). The summed E-state index contributed by atoms with van der Waals surface area (Å²) in [6, 6.07) is 0. The van der Waals surface area contributed by atoms with Gasteiger partial charge in [0.15, 0.2) is 17.4 Å². The van der Waals surface area contributed by atoms with Gasteiger partial charge in [0.25, 0.3) is 0 Å². The Labute approximate surface area is 85.2 Å². The highest BCUT2D eigenvalue weighted by Gasteiger charge is 2.48. The topological polar surface area (TPSA) is 26.0 Å². The predicted octanol–water partition coefficient (Wildman–Crippen LogP) is 0.730. The van der Waals surface area contributed by atoms with Gasteiger partial charge in [0.1, 0.15) is 0 Å². The molecule has 0 radical (unpaired) electrons. The zero-order valence-electron chi connectivity index (χ0n) is 7.05. The van der Waals surface area contributed by atoms with E-state index in [1.807, 2.05) is 0 Å². The van der Waals surface area contributed by atoms with E-state index in [1.165, 1.54) is 38.5 Å². The largest absolute Gasteiger partial charge is 0.325 e. The molecule has 0 heterocycles. The summed E-state index contributed by atoms with van der Waals surface area (Å²) in [5.41, 5.74) is 6.62. The molecule has 0 aliphatic heterocycles. The lowest BCUT2D eigenvalue weighted by atomic mass is 9.53. The van der Waals surface area contributed by atoms with Crippen LogP contribution in [0.5, 0.6) is 0 Å². The van der Waals surface area contributed by atoms with E-state index in [1.54, 1.807) is 0 Å². The van der Waals surface area contributed by atoms with Crippen LogP contribution >= 0.6 is 0 Å². The van der Waals surface area contributed by atoms with Crippen LogP contribution in [-0.4, -0.2) is 22.9 Å². The monoisotopic (exact) mass is 181 g/mol. The van der Waals surface area contributed by atoms with Crippen LogP contribution in [0.2, 0.25) is 0 Å². The summed E-state index contributed by atoms with van der Waals surface area (Å²) in [4.78, 5) is 0. The number of hydrogen-bond acceptors (Lipinski definition) is 1. The van der Waals surface area contributed by atoms with Gasteiger partial charge in [-0.25, -0.2) is 0 Å². The maximum Gasteiger partial charge on any atom is 0.187 e. The fraction of sp³-hybridized carbons (Fsp3) is 1.00. The molecule has 4 fully saturated rings. The van der Waals surface area contributed by atoms with Crippen LogP contribution in [0.1, 0.15) is 38.5 Å². The minimum absolute atomic E-state index is 0. The van der Waals surface area contributed by atoms with Gasteiger partial charge in [0.2, 0.25) is 0 Å². The molecule has 0 aromatic carbocycles. The molecular weight excluding hydrogens is 161 g/mol. The van der Waals surface area contributed by atoms with E-state index in [-0.39, 0.29) is 17.4 Å². The van der Waals surface area contributed by atoms with E-state index >= 15 is 0 Å². The van der Waals surface area contributed by atoms with E-state index in [0.717, 1.165) is 17.8 Å². The van der Waals surface area contributed by atoms with Crippen molar-refractivity contribution >= 4 is 17.4 Å². The van der Waals surface area contributed by atoms with Gasteiger partial charge in [-0.15, -0.1) is 0 Å². The molecule has 12 heavy (non-hydrogen) atoms. The smallest absolute Gasteiger partial charge is 0.187 e. The fourth-order valence-corrected chi connectivity index (χ4v) is 4.18.